The smallest absolute Gasteiger partial charge is 0.226 e. The number of carbonyl (C=O) groups is 1. The molecule has 0 spiro atoms. The zero-order chi connectivity index (χ0) is 23.2. The summed E-state index contributed by atoms with van der Waals surface area (Å²) in [4.78, 5) is 17.1. The second kappa shape index (κ2) is 10.2. The fraction of sp³-hybridized carbons (Fsp3) is 0.154. The van der Waals surface area contributed by atoms with Crippen molar-refractivity contribution in [1.82, 2.24) is 10.1 Å². The van der Waals surface area contributed by atoms with Crippen LogP contribution in [0.5, 0.6) is 0 Å². The molecule has 0 saturated heterocycles. The number of aromatic nitrogens is 2. The summed E-state index contributed by atoms with van der Waals surface area (Å²) >= 11 is 1.40. The van der Waals surface area contributed by atoms with Crippen LogP contribution in [0.1, 0.15) is 23.3 Å². The molecule has 2 heterocycles. The molecule has 1 N–H and O–H groups in total. The Balaban J connectivity index is 1.61. The number of anilines is 1. The van der Waals surface area contributed by atoms with Crippen LogP contribution in [-0.4, -0.2) is 21.8 Å². The molecule has 164 valence electrons. The van der Waals surface area contributed by atoms with Crippen LogP contribution in [-0.2, 0) is 4.79 Å². The maximum absolute atomic E-state index is 12.3. The first kappa shape index (κ1) is 22.3. The highest BCUT2D eigenvalue weighted by atomic mass is 32.2. The van der Waals surface area contributed by atoms with Gasteiger partial charge in [0.25, 0.3) is 0 Å². The van der Waals surface area contributed by atoms with Crippen molar-refractivity contribution in [2.45, 2.75) is 25.3 Å². The fourth-order valence-corrected chi connectivity index (χ4v) is 4.27. The van der Waals surface area contributed by atoms with Crippen molar-refractivity contribution >= 4 is 23.5 Å². The minimum Gasteiger partial charge on any atom is -0.360 e. The van der Waals surface area contributed by atoms with Crippen LogP contribution in [0.25, 0.3) is 22.4 Å². The Hall–Kier alpha value is -3.89. The highest BCUT2D eigenvalue weighted by molar-refractivity contribution is 7.99. The largest absolute Gasteiger partial charge is 0.360 e. The summed E-state index contributed by atoms with van der Waals surface area (Å²) in [7, 11) is 0. The lowest BCUT2D eigenvalue weighted by Crippen LogP contribution is -2.12. The summed E-state index contributed by atoms with van der Waals surface area (Å²) in [6.45, 7) is 3.79. The zero-order valence-electron chi connectivity index (χ0n) is 18.3. The van der Waals surface area contributed by atoms with Gasteiger partial charge in [-0.15, -0.1) is 11.8 Å². The molecule has 4 aromatic rings. The van der Waals surface area contributed by atoms with Crippen LogP contribution in [0.3, 0.4) is 0 Å². The fourth-order valence-electron chi connectivity index (χ4n) is 3.32. The number of rotatable bonds is 7. The topological polar surface area (TPSA) is 91.8 Å². The highest BCUT2D eigenvalue weighted by Gasteiger charge is 2.16. The molecule has 33 heavy (non-hydrogen) atoms. The first-order valence-corrected chi connectivity index (χ1v) is 11.5. The number of thioether (sulfide) groups is 1. The summed E-state index contributed by atoms with van der Waals surface area (Å²) in [5.41, 5.74) is 5.20. The third kappa shape index (κ3) is 5.48. The Kier molecular flexibility index (Phi) is 6.86. The van der Waals surface area contributed by atoms with E-state index in [9.17, 15) is 10.1 Å². The molecule has 0 unspecified atom stereocenters. The van der Waals surface area contributed by atoms with Gasteiger partial charge in [-0.05, 0) is 25.5 Å². The second-order valence-electron chi connectivity index (χ2n) is 7.55. The summed E-state index contributed by atoms with van der Waals surface area (Å²) in [5.74, 6) is 1.32. The Labute approximate surface area is 196 Å². The maximum atomic E-state index is 12.3. The number of pyridine rings is 1. The van der Waals surface area contributed by atoms with Gasteiger partial charge in [-0.1, -0.05) is 65.3 Å². The van der Waals surface area contributed by atoms with Gasteiger partial charge in [-0.3, -0.25) is 4.79 Å². The number of nitrogens with zero attached hydrogens (tertiary/aromatic N) is 3. The lowest BCUT2D eigenvalue weighted by molar-refractivity contribution is -0.115. The number of nitrogens with one attached hydrogen (secondary N) is 1. The Morgan fingerprint density at radius 3 is 2.48 bits per heavy atom. The molecule has 0 saturated carbocycles. The van der Waals surface area contributed by atoms with Gasteiger partial charge in [-0.2, -0.15) is 5.26 Å². The molecule has 0 bridgehead atoms. The summed E-state index contributed by atoms with van der Waals surface area (Å²) < 4.78 is 4.97. The van der Waals surface area contributed by atoms with Gasteiger partial charge < -0.3 is 9.84 Å². The number of benzene rings is 2. The van der Waals surface area contributed by atoms with Crippen LogP contribution in [0.15, 0.2) is 76.3 Å². The summed E-state index contributed by atoms with van der Waals surface area (Å²) in [6.07, 6.45) is 0.249. The van der Waals surface area contributed by atoms with Crippen molar-refractivity contribution in [2.24, 2.45) is 0 Å². The van der Waals surface area contributed by atoms with E-state index in [1.54, 1.807) is 13.0 Å². The molecule has 0 aliphatic heterocycles. The van der Waals surface area contributed by atoms with Gasteiger partial charge in [0.1, 0.15) is 16.9 Å². The molecular weight excluding hydrogens is 432 g/mol. The van der Waals surface area contributed by atoms with Crippen LogP contribution >= 0.6 is 11.8 Å². The monoisotopic (exact) mass is 454 g/mol. The van der Waals surface area contributed by atoms with Gasteiger partial charge in [0.2, 0.25) is 5.91 Å². The van der Waals surface area contributed by atoms with E-state index in [-0.39, 0.29) is 12.3 Å². The number of carbonyl (C=O) groups excluding carboxylic acids is 1. The van der Waals surface area contributed by atoms with E-state index in [0.29, 0.717) is 27.9 Å². The van der Waals surface area contributed by atoms with E-state index in [2.05, 4.69) is 16.5 Å². The van der Waals surface area contributed by atoms with Crippen LogP contribution in [0.2, 0.25) is 0 Å². The number of hydrogen-bond acceptors (Lipinski definition) is 6. The normalized spacial score (nSPS) is 10.6. The van der Waals surface area contributed by atoms with Crippen molar-refractivity contribution in [3.05, 3.63) is 83.6 Å². The minimum absolute atomic E-state index is 0.174. The molecule has 1 amide bonds. The Bertz CT molecular complexity index is 1310. The minimum atomic E-state index is -0.174. The van der Waals surface area contributed by atoms with Crippen molar-refractivity contribution in [3.8, 4) is 28.5 Å². The predicted octanol–water partition coefficient (Wildman–Crippen LogP) is 6.01. The van der Waals surface area contributed by atoms with Gasteiger partial charge in [0, 0.05) is 29.4 Å². The molecule has 2 aromatic heterocycles. The Morgan fingerprint density at radius 2 is 1.82 bits per heavy atom. The molecule has 7 heteroatoms. The first-order valence-electron chi connectivity index (χ1n) is 10.5. The standard InChI is InChI=1S/C26H22N4O2S/c1-17-8-10-19(11-9-17)21-15-23(20-6-4-3-5-7-20)28-26(22(21)16-27)33-13-12-25(31)29-24-14-18(2)32-30-24/h3-11,14-15H,12-13H2,1-2H3,(H,29,30,31). The second-order valence-corrected chi connectivity index (χ2v) is 8.63. The van der Waals surface area contributed by atoms with Crippen LogP contribution in [0.4, 0.5) is 5.82 Å². The lowest BCUT2D eigenvalue weighted by Gasteiger charge is -2.13. The number of aryl methyl sites for hydroxylation is 2. The molecule has 0 aliphatic rings. The van der Waals surface area contributed by atoms with E-state index in [4.69, 9.17) is 9.51 Å². The molecule has 0 atom stereocenters. The summed E-state index contributed by atoms with van der Waals surface area (Å²) in [5, 5.41) is 17.1. The van der Waals surface area contributed by atoms with Crippen LogP contribution < -0.4 is 5.32 Å². The maximum Gasteiger partial charge on any atom is 0.226 e. The molecule has 0 fully saturated rings. The highest BCUT2D eigenvalue weighted by Crippen LogP contribution is 2.34. The van der Waals surface area contributed by atoms with E-state index in [1.165, 1.54) is 11.8 Å². The van der Waals surface area contributed by atoms with E-state index < -0.39 is 0 Å². The number of nitriles is 1. The van der Waals surface area contributed by atoms with Gasteiger partial charge in [-0.25, -0.2) is 4.98 Å². The molecular formula is C26H22N4O2S. The third-order valence-electron chi connectivity index (χ3n) is 4.99. The molecule has 2 aromatic carbocycles. The van der Waals surface area contributed by atoms with Crippen molar-refractivity contribution in [1.29, 1.82) is 5.26 Å². The van der Waals surface area contributed by atoms with E-state index in [0.717, 1.165) is 27.9 Å². The van der Waals surface area contributed by atoms with Crippen molar-refractivity contribution in [3.63, 3.8) is 0 Å². The lowest BCUT2D eigenvalue weighted by atomic mass is 9.98. The average Bonchev–Trinajstić information content (AvgIpc) is 3.24. The first-order chi connectivity index (χ1) is 16.0. The van der Waals surface area contributed by atoms with Gasteiger partial charge in [0.05, 0.1) is 11.3 Å². The SMILES string of the molecule is Cc1ccc(-c2cc(-c3ccccc3)nc(SCCC(=O)Nc3cc(C)on3)c2C#N)cc1. The van der Waals surface area contributed by atoms with Gasteiger partial charge in [0.15, 0.2) is 5.82 Å². The van der Waals surface area contributed by atoms with Crippen molar-refractivity contribution < 1.29 is 9.32 Å². The Morgan fingerprint density at radius 1 is 1.06 bits per heavy atom. The molecule has 4 rings (SSSR count). The zero-order valence-corrected chi connectivity index (χ0v) is 19.1. The molecule has 6 nitrogen and oxygen atoms in total. The predicted molar refractivity (Wildman–Crippen MR) is 130 cm³/mol. The molecule has 0 radical (unpaired) electrons. The molecule has 0 aliphatic carbocycles. The van der Waals surface area contributed by atoms with E-state index in [1.807, 2.05) is 67.6 Å². The number of hydrogen-bond donors (Lipinski definition) is 1. The average molecular weight is 455 g/mol. The van der Waals surface area contributed by atoms with Gasteiger partial charge >= 0.3 is 0 Å². The quantitative estimate of drug-likeness (QED) is 0.344. The van der Waals surface area contributed by atoms with Crippen molar-refractivity contribution in [2.75, 3.05) is 11.1 Å². The summed E-state index contributed by atoms with van der Waals surface area (Å²) in [6, 6.07) is 23.9. The van der Waals surface area contributed by atoms with E-state index >= 15 is 0 Å². The third-order valence-corrected chi connectivity index (χ3v) is 5.97. The number of amides is 1. The van der Waals surface area contributed by atoms with Crippen LogP contribution in [0, 0.1) is 25.2 Å².